The highest BCUT2D eigenvalue weighted by Crippen LogP contribution is 2.31. The van der Waals surface area contributed by atoms with Gasteiger partial charge in [0.2, 0.25) is 17.6 Å². The SMILES string of the molecule is CN(C)C(=O)[C@H]1CN(C(=O)Cn2c(C(F)(F)F)nc3ccccc32)CCN1C. The van der Waals surface area contributed by atoms with Gasteiger partial charge >= 0.3 is 6.18 Å². The number of benzene rings is 1. The van der Waals surface area contributed by atoms with Gasteiger partial charge in [0.1, 0.15) is 12.6 Å². The number of rotatable bonds is 3. The monoisotopic (exact) mass is 397 g/mol. The Morgan fingerprint density at radius 1 is 1.21 bits per heavy atom. The summed E-state index contributed by atoms with van der Waals surface area (Å²) in [7, 11) is 5.05. The molecule has 0 aliphatic carbocycles. The predicted molar refractivity (Wildman–Crippen MR) is 96.4 cm³/mol. The molecule has 3 rings (SSSR count). The van der Waals surface area contributed by atoms with Gasteiger partial charge in [0.05, 0.1) is 11.0 Å². The van der Waals surface area contributed by atoms with Gasteiger partial charge in [0.25, 0.3) is 0 Å². The number of carbonyl (C=O) groups is 2. The van der Waals surface area contributed by atoms with Crippen molar-refractivity contribution in [3.8, 4) is 0 Å². The molecule has 1 saturated heterocycles. The molecule has 28 heavy (non-hydrogen) atoms. The number of hydrogen-bond acceptors (Lipinski definition) is 4. The summed E-state index contributed by atoms with van der Waals surface area (Å²) in [5, 5.41) is 0. The Bertz CT molecular complexity index is 893. The maximum atomic E-state index is 13.4. The van der Waals surface area contributed by atoms with E-state index in [1.165, 1.54) is 21.9 Å². The number of fused-ring (bicyclic) bond motifs is 1. The Morgan fingerprint density at radius 3 is 2.54 bits per heavy atom. The van der Waals surface area contributed by atoms with Crippen LogP contribution in [0.4, 0.5) is 13.2 Å². The zero-order valence-corrected chi connectivity index (χ0v) is 15.9. The van der Waals surface area contributed by atoms with Crippen molar-refractivity contribution in [2.24, 2.45) is 0 Å². The van der Waals surface area contributed by atoms with E-state index >= 15 is 0 Å². The fraction of sp³-hybridized carbons (Fsp3) is 0.500. The molecule has 1 aliphatic rings. The third-order valence-corrected chi connectivity index (χ3v) is 4.93. The van der Waals surface area contributed by atoms with E-state index in [9.17, 15) is 22.8 Å². The second-order valence-corrected chi connectivity index (χ2v) is 7.08. The lowest BCUT2D eigenvalue weighted by Crippen LogP contribution is -2.58. The second-order valence-electron chi connectivity index (χ2n) is 7.08. The minimum atomic E-state index is -4.68. The third kappa shape index (κ3) is 3.82. The molecule has 2 amide bonds. The van der Waals surface area contributed by atoms with Crippen molar-refractivity contribution in [3.05, 3.63) is 30.1 Å². The minimum Gasteiger partial charge on any atom is -0.347 e. The fourth-order valence-electron chi connectivity index (χ4n) is 3.35. The quantitative estimate of drug-likeness (QED) is 0.783. The molecule has 2 heterocycles. The molecule has 7 nitrogen and oxygen atoms in total. The maximum absolute atomic E-state index is 13.4. The molecule has 1 aromatic heterocycles. The molecule has 10 heteroatoms. The Kier molecular flexibility index (Phi) is 5.33. The first-order valence-electron chi connectivity index (χ1n) is 8.81. The normalized spacial score (nSPS) is 18.5. The number of piperazine rings is 1. The van der Waals surface area contributed by atoms with Crippen molar-refractivity contribution < 1.29 is 22.8 Å². The highest BCUT2D eigenvalue weighted by molar-refractivity contribution is 5.84. The topological polar surface area (TPSA) is 61.7 Å². The largest absolute Gasteiger partial charge is 0.449 e. The number of amides is 2. The van der Waals surface area contributed by atoms with Crippen LogP contribution in [0.3, 0.4) is 0 Å². The second kappa shape index (κ2) is 7.42. The fourth-order valence-corrected chi connectivity index (χ4v) is 3.35. The van der Waals surface area contributed by atoms with Crippen LogP contribution in [0.1, 0.15) is 5.82 Å². The zero-order chi connectivity index (χ0) is 20.6. The van der Waals surface area contributed by atoms with Crippen LogP contribution in [0.25, 0.3) is 11.0 Å². The van der Waals surface area contributed by atoms with Gasteiger partial charge in [-0.3, -0.25) is 14.5 Å². The first-order chi connectivity index (χ1) is 13.1. The molecule has 1 aromatic carbocycles. The lowest BCUT2D eigenvalue weighted by atomic mass is 10.1. The van der Waals surface area contributed by atoms with Crippen LogP contribution in [0.2, 0.25) is 0 Å². The smallest absolute Gasteiger partial charge is 0.347 e. The van der Waals surface area contributed by atoms with Crippen LogP contribution in [-0.4, -0.2) is 82.9 Å². The summed E-state index contributed by atoms with van der Waals surface area (Å²) in [6, 6.07) is 5.67. The lowest BCUT2D eigenvalue weighted by molar-refractivity contribution is -0.148. The Hall–Kier alpha value is -2.62. The summed E-state index contributed by atoms with van der Waals surface area (Å²) in [6.07, 6.45) is -4.68. The Labute approximate surface area is 160 Å². The van der Waals surface area contributed by atoms with E-state index in [1.54, 1.807) is 33.3 Å². The first-order valence-corrected chi connectivity index (χ1v) is 8.81. The van der Waals surface area contributed by atoms with E-state index in [1.807, 2.05) is 4.90 Å². The van der Waals surface area contributed by atoms with Crippen LogP contribution in [0.15, 0.2) is 24.3 Å². The molecule has 1 aliphatic heterocycles. The zero-order valence-electron chi connectivity index (χ0n) is 15.9. The lowest BCUT2D eigenvalue weighted by Gasteiger charge is -2.39. The number of hydrogen-bond donors (Lipinski definition) is 0. The number of carbonyl (C=O) groups excluding carboxylic acids is 2. The van der Waals surface area contributed by atoms with Gasteiger partial charge in [-0.15, -0.1) is 0 Å². The molecule has 2 aromatic rings. The van der Waals surface area contributed by atoms with Crippen molar-refractivity contribution in [3.63, 3.8) is 0 Å². The van der Waals surface area contributed by atoms with Crippen LogP contribution >= 0.6 is 0 Å². The van der Waals surface area contributed by atoms with Crippen molar-refractivity contribution in [1.82, 2.24) is 24.3 Å². The number of para-hydroxylation sites is 2. The van der Waals surface area contributed by atoms with Gasteiger partial charge in [0.15, 0.2) is 0 Å². The highest BCUT2D eigenvalue weighted by atomic mass is 19.4. The molecule has 0 bridgehead atoms. The average Bonchev–Trinajstić information content (AvgIpc) is 3.00. The number of aromatic nitrogens is 2. The summed E-state index contributed by atoms with van der Waals surface area (Å²) in [6.45, 7) is 0.468. The van der Waals surface area contributed by atoms with Crippen LogP contribution in [-0.2, 0) is 22.3 Å². The number of alkyl halides is 3. The number of likely N-dealkylation sites (N-methyl/N-ethyl adjacent to an activating group) is 2. The Balaban J connectivity index is 1.86. The summed E-state index contributed by atoms with van der Waals surface area (Å²) in [5.41, 5.74) is 0.430. The van der Waals surface area contributed by atoms with E-state index in [0.29, 0.717) is 13.1 Å². The predicted octanol–water partition coefficient (Wildman–Crippen LogP) is 1.29. The van der Waals surface area contributed by atoms with Crippen LogP contribution in [0.5, 0.6) is 0 Å². The standard InChI is InChI=1S/C18H22F3N5O2/c1-23(2)16(28)14-10-25(9-8-24(14)3)15(27)11-26-13-7-5-4-6-12(13)22-17(26)18(19,20)21/h4-7,14H,8-11H2,1-3H3/t14-/m1/s1. The molecule has 0 saturated carbocycles. The van der Waals surface area contributed by atoms with E-state index in [0.717, 1.165) is 4.57 Å². The van der Waals surface area contributed by atoms with E-state index in [4.69, 9.17) is 0 Å². The van der Waals surface area contributed by atoms with E-state index in [-0.39, 0.29) is 23.5 Å². The van der Waals surface area contributed by atoms with Crippen LogP contribution in [0, 0.1) is 0 Å². The third-order valence-electron chi connectivity index (χ3n) is 4.93. The molecule has 1 atom stereocenters. The Morgan fingerprint density at radius 2 is 1.89 bits per heavy atom. The van der Waals surface area contributed by atoms with Crippen molar-refractivity contribution in [2.75, 3.05) is 40.8 Å². The van der Waals surface area contributed by atoms with E-state index < -0.39 is 30.5 Å². The summed E-state index contributed by atoms with van der Waals surface area (Å²) < 4.78 is 41.2. The van der Waals surface area contributed by atoms with Gasteiger partial charge in [-0.25, -0.2) is 4.98 Å². The highest BCUT2D eigenvalue weighted by Gasteiger charge is 2.39. The summed E-state index contributed by atoms with van der Waals surface area (Å²) >= 11 is 0. The van der Waals surface area contributed by atoms with Crippen LogP contribution < -0.4 is 0 Å². The maximum Gasteiger partial charge on any atom is 0.449 e. The van der Waals surface area contributed by atoms with Crippen molar-refractivity contribution in [2.45, 2.75) is 18.8 Å². The van der Waals surface area contributed by atoms with Gasteiger partial charge in [-0.1, -0.05) is 12.1 Å². The van der Waals surface area contributed by atoms with Gasteiger partial charge in [-0.2, -0.15) is 13.2 Å². The summed E-state index contributed by atoms with van der Waals surface area (Å²) in [4.78, 5) is 33.5. The number of imidazole rings is 1. The molecular weight excluding hydrogens is 375 g/mol. The minimum absolute atomic E-state index is 0.139. The van der Waals surface area contributed by atoms with Crippen molar-refractivity contribution >= 4 is 22.8 Å². The molecule has 1 fully saturated rings. The van der Waals surface area contributed by atoms with Crippen molar-refractivity contribution in [1.29, 1.82) is 0 Å². The summed E-state index contributed by atoms with van der Waals surface area (Å²) in [5.74, 6) is -1.72. The van der Waals surface area contributed by atoms with Gasteiger partial charge in [-0.05, 0) is 19.2 Å². The van der Waals surface area contributed by atoms with Gasteiger partial charge < -0.3 is 14.4 Å². The molecule has 0 spiro atoms. The van der Waals surface area contributed by atoms with Gasteiger partial charge in [0, 0.05) is 33.7 Å². The molecule has 0 unspecified atom stereocenters. The number of halogens is 3. The molecular formula is C18H22F3N5O2. The molecule has 152 valence electrons. The molecule has 0 N–H and O–H groups in total. The molecule has 0 radical (unpaired) electrons. The number of nitrogens with zero attached hydrogens (tertiary/aromatic N) is 5. The first kappa shape index (κ1) is 20.1. The average molecular weight is 397 g/mol. The van der Waals surface area contributed by atoms with E-state index in [2.05, 4.69) is 4.98 Å².